The van der Waals surface area contributed by atoms with Crippen LogP contribution in [0.2, 0.25) is 0 Å². The van der Waals surface area contributed by atoms with E-state index in [4.69, 9.17) is 0 Å². The smallest absolute Gasteiger partial charge is 0.166 e. The Morgan fingerprint density at radius 2 is 1.28 bits per heavy atom. The summed E-state index contributed by atoms with van der Waals surface area (Å²) in [5.74, 6) is 1.24. The summed E-state index contributed by atoms with van der Waals surface area (Å²) in [5, 5.41) is 0. The van der Waals surface area contributed by atoms with Gasteiger partial charge in [-0.25, -0.2) is 13.2 Å². The molecule has 0 nitrogen and oxygen atoms in total. The van der Waals surface area contributed by atoms with Crippen LogP contribution in [0.4, 0.5) is 13.2 Å². The van der Waals surface area contributed by atoms with Crippen molar-refractivity contribution in [2.75, 3.05) is 0 Å². The van der Waals surface area contributed by atoms with Crippen LogP contribution in [0, 0.1) is 35.2 Å². The van der Waals surface area contributed by atoms with E-state index < -0.39 is 11.6 Å². The van der Waals surface area contributed by atoms with Gasteiger partial charge in [-0.3, -0.25) is 0 Å². The molecule has 0 atom stereocenters. The van der Waals surface area contributed by atoms with E-state index in [9.17, 15) is 4.39 Å². The van der Waals surface area contributed by atoms with Crippen LogP contribution in [0.1, 0.15) is 134 Å². The van der Waals surface area contributed by atoms with Crippen LogP contribution in [-0.2, 0) is 6.42 Å². The highest BCUT2D eigenvalue weighted by molar-refractivity contribution is 5.71. The van der Waals surface area contributed by atoms with Crippen LogP contribution in [0.5, 0.6) is 0 Å². The molecule has 2 fully saturated rings. The van der Waals surface area contributed by atoms with E-state index in [1.165, 1.54) is 70.6 Å². The minimum absolute atomic E-state index is 0.124. The van der Waals surface area contributed by atoms with Crippen molar-refractivity contribution in [2.24, 2.45) is 17.8 Å². The van der Waals surface area contributed by atoms with Crippen LogP contribution in [0.25, 0.3) is 22.3 Å². The van der Waals surface area contributed by atoms with Crippen LogP contribution in [-0.4, -0.2) is 0 Å². The molecule has 0 unspecified atom stereocenters. The van der Waals surface area contributed by atoms with E-state index in [0.29, 0.717) is 23.5 Å². The first kappa shape index (κ1) is 34.5. The third-order valence-electron chi connectivity index (χ3n) is 11.2. The molecule has 2 aliphatic carbocycles. The van der Waals surface area contributed by atoms with Crippen molar-refractivity contribution < 1.29 is 13.2 Å². The Hall–Kier alpha value is -2.81. The predicted octanol–water partition coefficient (Wildman–Crippen LogP) is 13.8. The van der Waals surface area contributed by atoms with Crippen molar-refractivity contribution in [3.8, 4) is 22.3 Å². The highest BCUT2D eigenvalue weighted by Crippen LogP contribution is 2.45. The Labute approximate surface area is 276 Å². The first-order chi connectivity index (χ1) is 22.5. The van der Waals surface area contributed by atoms with Crippen molar-refractivity contribution >= 4 is 0 Å². The van der Waals surface area contributed by atoms with Crippen LogP contribution in [0.3, 0.4) is 0 Å². The topological polar surface area (TPSA) is 0 Å². The molecule has 3 heteroatoms. The number of unbranched alkanes of at least 4 members (excludes halogenated alkanes) is 5. The van der Waals surface area contributed by atoms with Crippen molar-refractivity contribution in [2.45, 2.75) is 129 Å². The predicted molar refractivity (Wildman–Crippen MR) is 188 cm³/mol. The van der Waals surface area contributed by atoms with Gasteiger partial charge in [0.05, 0.1) is 0 Å². The number of allylic oxidation sites excluding steroid dienone is 2. The molecule has 0 bridgehead atoms. The monoisotopic (exact) mass is 628 g/mol. The molecule has 2 saturated carbocycles. The zero-order valence-corrected chi connectivity index (χ0v) is 28.3. The Kier molecular flexibility index (Phi) is 13.0. The average molecular weight is 629 g/mol. The molecule has 46 heavy (non-hydrogen) atoms. The summed E-state index contributed by atoms with van der Waals surface area (Å²) < 4.78 is 45.5. The second kappa shape index (κ2) is 17.4. The SMILES string of the molecule is C/C=C/CCC1CCC(C2CCC(c3ccc(-c4ccc(-c5ccc(CCCCCCCC)c(F)c5F)cc4)cc3F)CC2)CC1. The maximum Gasteiger partial charge on any atom is 0.166 e. The minimum Gasteiger partial charge on any atom is -0.207 e. The molecule has 0 amide bonds. The average Bonchev–Trinajstić information content (AvgIpc) is 3.09. The molecule has 0 spiro atoms. The molecule has 0 radical (unpaired) electrons. The fourth-order valence-corrected chi connectivity index (χ4v) is 8.33. The molecule has 2 aliphatic rings. The molecular weight excluding hydrogens is 573 g/mol. The van der Waals surface area contributed by atoms with Gasteiger partial charge < -0.3 is 0 Å². The molecular formula is C43H55F3. The third kappa shape index (κ3) is 8.96. The maximum absolute atomic E-state index is 15.5. The lowest BCUT2D eigenvalue weighted by Gasteiger charge is -2.38. The number of hydrogen-bond donors (Lipinski definition) is 0. The lowest BCUT2D eigenvalue weighted by molar-refractivity contribution is 0.156. The number of rotatable bonds is 14. The Bertz CT molecular complexity index is 1390. The van der Waals surface area contributed by atoms with Gasteiger partial charge in [-0.1, -0.05) is 113 Å². The van der Waals surface area contributed by atoms with Crippen molar-refractivity contribution in [1.82, 2.24) is 0 Å². The summed E-state index contributed by atoms with van der Waals surface area (Å²) in [7, 11) is 0. The van der Waals surface area contributed by atoms with Gasteiger partial charge >= 0.3 is 0 Å². The zero-order valence-electron chi connectivity index (χ0n) is 28.3. The zero-order chi connectivity index (χ0) is 32.3. The summed E-state index contributed by atoms with van der Waals surface area (Å²) in [4.78, 5) is 0. The van der Waals surface area contributed by atoms with Crippen LogP contribution < -0.4 is 0 Å². The van der Waals surface area contributed by atoms with Crippen molar-refractivity contribution in [1.29, 1.82) is 0 Å². The lowest BCUT2D eigenvalue weighted by atomic mass is 9.68. The summed E-state index contributed by atoms with van der Waals surface area (Å²) >= 11 is 0. The van der Waals surface area contributed by atoms with E-state index in [2.05, 4.69) is 26.0 Å². The summed E-state index contributed by atoms with van der Waals surface area (Å²) in [6.45, 7) is 4.30. The quantitative estimate of drug-likeness (QED) is 0.123. The minimum atomic E-state index is -0.783. The largest absolute Gasteiger partial charge is 0.207 e. The normalized spacial score (nSPS) is 22.0. The van der Waals surface area contributed by atoms with Gasteiger partial charge in [0.15, 0.2) is 11.6 Å². The number of hydrogen-bond acceptors (Lipinski definition) is 0. The summed E-state index contributed by atoms with van der Waals surface area (Å²) in [6, 6.07) is 16.5. The van der Waals surface area contributed by atoms with E-state index in [0.717, 1.165) is 66.5 Å². The van der Waals surface area contributed by atoms with Crippen molar-refractivity contribution in [3.63, 3.8) is 0 Å². The molecule has 5 rings (SSSR count). The van der Waals surface area contributed by atoms with E-state index in [-0.39, 0.29) is 11.4 Å². The summed E-state index contributed by atoms with van der Waals surface area (Å²) in [5.41, 5.74) is 3.89. The third-order valence-corrected chi connectivity index (χ3v) is 11.2. The molecule has 0 saturated heterocycles. The first-order valence-electron chi connectivity index (χ1n) is 18.5. The first-order valence-corrected chi connectivity index (χ1v) is 18.5. The maximum atomic E-state index is 15.5. The van der Waals surface area contributed by atoms with E-state index in [1.807, 2.05) is 36.4 Å². The van der Waals surface area contributed by atoms with Crippen LogP contribution in [0.15, 0.2) is 66.7 Å². The molecule has 0 N–H and O–H groups in total. The van der Waals surface area contributed by atoms with Crippen molar-refractivity contribution in [3.05, 3.63) is 95.3 Å². The number of benzene rings is 3. The fraction of sp³-hybridized carbons (Fsp3) is 0.535. The number of aryl methyl sites for hydroxylation is 1. The highest BCUT2D eigenvalue weighted by Gasteiger charge is 2.32. The molecule has 248 valence electrons. The molecule has 3 aromatic rings. The second-order valence-electron chi connectivity index (χ2n) is 14.3. The van der Waals surface area contributed by atoms with E-state index >= 15 is 8.78 Å². The second-order valence-corrected chi connectivity index (χ2v) is 14.3. The van der Waals surface area contributed by atoms with Crippen LogP contribution >= 0.6 is 0 Å². The Balaban J connectivity index is 1.14. The Morgan fingerprint density at radius 1 is 0.652 bits per heavy atom. The van der Waals surface area contributed by atoms with Gasteiger partial charge in [-0.05, 0) is 129 Å². The van der Waals surface area contributed by atoms with Gasteiger partial charge in [0.1, 0.15) is 5.82 Å². The molecule has 3 aromatic carbocycles. The highest BCUT2D eigenvalue weighted by atomic mass is 19.2. The molecule has 0 aromatic heterocycles. The lowest BCUT2D eigenvalue weighted by Crippen LogP contribution is -2.25. The van der Waals surface area contributed by atoms with Gasteiger partial charge in [0.25, 0.3) is 0 Å². The number of halogens is 3. The standard InChI is InChI=1S/C43H55F3/c1-3-5-7-8-9-11-13-37-26-29-40(43(46)42(37)45)36-24-20-34(21-25-36)38-27-28-39(41(44)30-38)35-22-18-33(19-23-35)32-16-14-31(15-17-32)12-10-6-4-2/h4,6,20-21,24-33,35H,3,5,7-19,22-23H2,1-2H3/b6-4+. The molecule has 0 heterocycles. The summed E-state index contributed by atoms with van der Waals surface area (Å²) in [6.07, 6.45) is 24.4. The Morgan fingerprint density at radius 3 is 1.96 bits per heavy atom. The van der Waals surface area contributed by atoms with Gasteiger partial charge in [-0.15, -0.1) is 0 Å². The van der Waals surface area contributed by atoms with Gasteiger partial charge in [0.2, 0.25) is 0 Å². The van der Waals surface area contributed by atoms with Gasteiger partial charge in [0, 0.05) is 5.56 Å². The molecule has 0 aliphatic heterocycles. The van der Waals surface area contributed by atoms with E-state index in [1.54, 1.807) is 18.2 Å². The fourth-order valence-electron chi connectivity index (χ4n) is 8.33. The van der Waals surface area contributed by atoms with Gasteiger partial charge in [-0.2, -0.15) is 0 Å².